The molecule has 2 aromatic carbocycles. The second-order valence-electron chi connectivity index (χ2n) is 6.22. The first kappa shape index (κ1) is 17.0. The fraction of sp³-hybridized carbons (Fsp3) is 0.200. The van der Waals surface area contributed by atoms with E-state index in [1.807, 2.05) is 28.9 Å². The minimum absolute atomic E-state index is 0.576. The summed E-state index contributed by atoms with van der Waals surface area (Å²) in [6, 6.07) is 15.1. The lowest BCUT2D eigenvalue weighted by Crippen LogP contribution is -2.08. The maximum Gasteiger partial charge on any atom is 0.133 e. The van der Waals surface area contributed by atoms with E-state index in [0.29, 0.717) is 15.6 Å². The molecule has 4 rings (SSSR count). The van der Waals surface area contributed by atoms with Crippen molar-refractivity contribution in [3.63, 3.8) is 0 Å². The smallest absolute Gasteiger partial charge is 0.133 e. The zero-order valence-corrected chi connectivity index (χ0v) is 15.5. The number of nitrogens with zero attached hydrogens (tertiary/aromatic N) is 3. The molecular formula is C20H16Cl2N4. The molecule has 26 heavy (non-hydrogen) atoms. The van der Waals surface area contributed by atoms with Gasteiger partial charge in [-0.2, -0.15) is 10.4 Å². The molecule has 0 spiro atoms. The first-order chi connectivity index (χ1) is 12.7. The highest BCUT2D eigenvalue weighted by atomic mass is 35.5. The number of fused-ring (bicyclic) bond motifs is 1. The summed E-state index contributed by atoms with van der Waals surface area (Å²) in [6.45, 7) is 0.871. The molecular weight excluding hydrogens is 367 g/mol. The highest BCUT2D eigenvalue weighted by Crippen LogP contribution is 2.38. The van der Waals surface area contributed by atoms with Crippen LogP contribution in [-0.4, -0.2) is 16.3 Å². The Kier molecular flexibility index (Phi) is 4.58. The molecule has 4 nitrogen and oxygen atoms in total. The monoisotopic (exact) mass is 382 g/mol. The number of halogens is 2. The van der Waals surface area contributed by atoms with Crippen molar-refractivity contribution in [2.45, 2.75) is 19.3 Å². The van der Waals surface area contributed by atoms with Gasteiger partial charge in [-0.15, -0.1) is 0 Å². The van der Waals surface area contributed by atoms with Gasteiger partial charge < -0.3 is 5.32 Å². The molecule has 1 aromatic heterocycles. The highest BCUT2D eigenvalue weighted by Gasteiger charge is 2.24. The zero-order valence-electron chi connectivity index (χ0n) is 14.0. The Morgan fingerprint density at radius 2 is 1.96 bits per heavy atom. The summed E-state index contributed by atoms with van der Waals surface area (Å²) in [7, 11) is 0. The molecule has 6 heteroatoms. The van der Waals surface area contributed by atoms with E-state index in [4.69, 9.17) is 28.3 Å². The third-order valence-electron chi connectivity index (χ3n) is 4.57. The van der Waals surface area contributed by atoms with Crippen LogP contribution in [-0.2, 0) is 6.42 Å². The minimum Gasteiger partial charge on any atom is -0.370 e. The van der Waals surface area contributed by atoms with Crippen LogP contribution in [0.2, 0.25) is 10.0 Å². The van der Waals surface area contributed by atoms with Crippen LogP contribution in [0.25, 0.3) is 16.9 Å². The summed E-state index contributed by atoms with van der Waals surface area (Å²) in [4.78, 5) is 0. The van der Waals surface area contributed by atoms with Crippen molar-refractivity contribution in [2.75, 3.05) is 11.9 Å². The minimum atomic E-state index is 0.576. The fourth-order valence-corrected chi connectivity index (χ4v) is 3.70. The van der Waals surface area contributed by atoms with Gasteiger partial charge in [-0.25, -0.2) is 4.68 Å². The number of aromatic nitrogens is 2. The first-order valence-corrected chi connectivity index (χ1v) is 9.25. The van der Waals surface area contributed by atoms with Crippen LogP contribution >= 0.6 is 23.2 Å². The quantitative estimate of drug-likeness (QED) is 0.639. The number of para-hydroxylation sites is 1. The van der Waals surface area contributed by atoms with Gasteiger partial charge in [-0.3, -0.25) is 0 Å². The topological polar surface area (TPSA) is 53.6 Å². The Morgan fingerprint density at radius 1 is 1.12 bits per heavy atom. The van der Waals surface area contributed by atoms with E-state index in [9.17, 15) is 5.26 Å². The largest absolute Gasteiger partial charge is 0.370 e. The normalized spacial score (nSPS) is 13.4. The number of nitriles is 1. The fourth-order valence-electron chi connectivity index (χ4n) is 3.32. The van der Waals surface area contributed by atoms with Gasteiger partial charge in [0.05, 0.1) is 22.0 Å². The van der Waals surface area contributed by atoms with Gasteiger partial charge in [0.2, 0.25) is 0 Å². The molecule has 0 saturated heterocycles. The van der Waals surface area contributed by atoms with E-state index in [1.54, 1.807) is 18.2 Å². The first-order valence-electron chi connectivity index (χ1n) is 8.49. The Balaban J connectivity index is 1.99. The molecule has 0 bridgehead atoms. The maximum atomic E-state index is 9.49. The van der Waals surface area contributed by atoms with E-state index < -0.39 is 0 Å². The molecule has 1 aliphatic heterocycles. The number of benzene rings is 2. The van der Waals surface area contributed by atoms with Crippen molar-refractivity contribution in [3.8, 4) is 23.0 Å². The second kappa shape index (κ2) is 7.03. The SMILES string of the molecule is N#Cc1ccccc1-n1nc(-c2cc(Cl)ccc2Cl)c2c1NCCCC2. The van der Waals surface area contributed by atoms with E-state index in [0.717, 1.165) is 54.1 Å². The molecule has 2 heterocycles. The Bertz CT molecular complexity index is 1020. The van der Waals surface area contributed by atoms with Gasteiger partial charge in [0.15, 0.2) is 0 Å². The molecule has 0 fully saturated rings. The second-order valence-corrected chi connectivity index (χ2v) is 7.07. The lowest BCUT2D eigenvalue weighted by Gasteiger charge is -2.10. The zero-order chi connectivity index (χ0) is 18.1. The average molecular weight is 383 g/mol. The summed E-state index contributed by atoms with van der Waals surface area (Å²) in [6.07, 6.45) is 3.04. The van der Waals surface area contributed by atoms with Gasteiger partial charge in [0, 0.05) is 22.7 Å². The molecule has 130 valence electrons. The van der Waals surface area contributed by atoms with Crippen molar-refractivity contribution < 1.29 is 0 Å². The lowest BCUT2D eigenvalue weighted by molar-refractivity contribution is 0.780. The highest BCUT2D eigenvalue weighted by molar-refractivity contribution is 6.35. The van der Waals surface area contributed by atoms with E-state index in [-0.39, 0.29) is 0 Å². The number of rotatable bonds is 2. The molecule has 1 aliphatic rings. The van der Waals surface area contributed by atoms with Crippen LogP contribution in [0.3, 0.4) is 0 Å². The van der Waals surface area contributed by atoms with Crippen LogP contribution in [0.4, 0.5) is 5.82 Å². The standard InChI is InChI=1S/C20H16Cl2N4/c21-14-8-9-17(22)16(11-14)19-15-6-3-4-10-24-20(15)26(25-19)18-7-2-1-5-13(18)12-23/h1-2,5,7-9,11,24H,3-4,6,10H2. The van der Waals surface area contributed by atoms with Gasteiger partial charge in [-0.1, -0.05) is 35.3 Å². The number of hydrogen-bond acceptors (Lipinski definition) is 3. The molecule has 0 amide bonds. The third kappa shape index (κ3) is 2.94. The van der Waals surface area contributed by atoms with E-state index in [1.165, 1.54) is 0 Å². The van der Waals surface area contributed by atoms with Crippen LogP contribution in [0.1, 0.15) is 24.0 Å². The Hall–Kier alpha value is -2.48. The van der Waals surface area contributed by atoms with Crippen LogP contribution < -0.4 is 5.32 Å². The summed E-state index contributed by atoms with van der Waals surface area (Å²) >= 11 is 12.6. The van der Waals surface area contributed by atoms with Crippen LogP contribution in [0.15, 0.2) is 42.5 Å². The molecule has 0 saturated carbocycles. The molecule has 3 aromatic rings. The number of anilines is 1. The average Bonchev–Trinajstić information content (AvgIpc) is 2.84. The van der Waals surface area contributed by atoms with E-state index >= 15 is 0 Å². The Labute approximate surface area is 162 Å². The third-order valence-corrected chi connectivity index (χ3v) is 5.13. The van der Waals surface area contributed by atoms with Crippen molar-refractivity contribution >= 4 is 29.0 Å². The summed E-state index contributed by atoms with van der Waals surface area (Å²) in [5.41, 5.74) is 4.07. The lowest BCUT2D eigenvalue weighted by atomic mass is 10.0. The van der Waals surface area contributed by atoms with Gasteiger partial charge in [0.1, 0.15) is 11.9 Å². The number of nitrogens with one attached hydrogen (secondary N) is 1. The van der Waals surface area contributed by atoms with Gasteiger partial charge in [0.25, 0.3) is 0 Å². The summed E-state index contributed by atoms with van der Waals surface area (Å²) in [5, 5.41) is 19.0. The molecule has 0 radical (unpaired) electrons. The van der Waals surface area contributed by atoms with Crippen molar-refractivity contribution in [2.24, 2.45) is 0 Å². The van der Waals surface area contributed by atoms with Crippen molar-refractivity contribution in [1.29, 1.82) is 5.26 Å². The predicted octanol–water partition coefficient (Wildman–Crippen LogP) is 5.47. The molecule has 1 N–H and O–H groups in total. The predicted molar refractivity (Wildman–Crippen MR) is 105 cm³/mol. The Morgan fingerprint density at radius 3 is 2.81 bits per heavy atom. The van der Waals surface area contributed by atoms with E-state index in [2.05, 4.69) is 11.4 Å². The molecule has 0 atom stereocenters. The number of hydrogen-bond donors (Lipinski definition) is 1. The summed E-state index contributed by atoms with van der Waals surface area (Å²) < 4.78 is 1.83. The summed E-state index contributed by atoms with van der Waals surface area (Å²) in [5.74, 6) is 0.927. The van der Waals surface area contributed by atoms with Gasteiger partial charge >= 0.3 is 0 Å². The molecule has 0 unspecified atom stereocenters. The van der Waals surface area contributed by atoms with Gasteiger partial charge in [-0.05, 0) is 49.6 Å². The van der Waals surface area contributed by atoms with Crippen molar-refractivity contribution in [3.05, 3.63) is 63.6 Å². The van der Waals surface area contributed by atoms with Crippen LogP contribution in [0, 0.1) is 11.3 Å². The van der Waals surface area contributed by atoms with Crippen molar-refractivity contribution in [1.82, 2.24) is 9.78 Å². The van der Waals surface area contributed by atoms with Crippen LogP contribution in [0.5, 0.6) is 0 Å². The molecule has 0 aliphatic carbocycles. The maximum absolute atomic E-state index is 9.49.